The van der Waals surface area contributed by atoms with Crippen LogP contribution in [0, 0.1) is 6.92 Å². The molecule has 0 aliphatic rings. The number of hydrogen-bond donors (Lipinski definition) is 1. The quantitative estimate of drug-likeness (QED) is 0.877. The third-order valence-electron chi connectivity index (χ3n) is 2.68. The summed E-state index contributed by atoms with van der Waals surface area (Å²) in [5, 5.41) is 4.36. The maximum atomic E-state index is 4.63. The molecule has 1 N–H and O–H groups in total. The van der Waals surface area contributed by atoms with Crippen molar-refractivity contribution in [1.82, 2.24) is 10.3 Å². The molecule has 2 nitrogen and oxygen atoms in total. The van der Waals surface area contributed by atoms with Crippen molar-refractivity contribution in [3.63, 3.8) is 0 Å². The SMILES string of the molecule is CN[C@@H](C)c1sc(-c2ccccc2)nc1C. The first kappa shape index (κ1) is 11.3. The molecule has 3 heteroatoms. The Morgan fingerprint density at radius 3 is 2.56 bits per heavy atom. The van der Waals surface area contributed by atoms with Gasteiger partial charge in [-0.2, -0.15) is 0 Å². The molecule has 0 unspecified atom stereocenters. The standard InChI is InChI=1S/C13H16N2S/c1-9(14-3)12-10(2)15-13(16-12)11-7-5-4-6-8-11/h4-9,14H,1-3H3/t9-/m0/s1. The first-order valence-corrected chi connectivity index (χ1v) is 6.24. The summed E-state index contributed by atoms with van der Waals surface area (Å²) in [6, 6.07) is 10.7. The molecule has 0 saturated heterocycles. The fourth-order valence-corrected chi connectivity index (χ4v) is 2.78. The molecule has 16 heavy (non-hydrogen) atoms. The molecule has 2 rings (SSSR count). The van der Waals surface area contributed by atoms with Crippen molar-refractivity contribution in [3.05, 3.63) is 40.9 Å². The molecule has 1 atom stereocenters. The summed E-state index contributed by atoms with van der Waals surface area (Å²) >= 11 is 1.77. The van der Waals surface area contributed by atoms with E-state index in [1.807, 2.05) is 25.2 Å². The van der Waals surface area contributed by atoms with Gasteiger partial charge in [0.25, 0.3) is 0 Å². The number of aryl methyl sites for hydroxylation is 1. The van der Waals surface area contributed by atoms with Crippen LogP contribution in [0.25, 0.3) is 10.6 Å². The maximum Gasteiger partial charge on any atom is 0.123 e. The molecule has 84 valence electrons. The van der Waals surface area contributed by atoms with Crippen molar-refractivity contribution < 1.29 is 0 Å². The minimum atomic E-state index is 0.370. The lowest BCUT2D eigenvalue weighted by Crippen LogP contribution is -2.11. The molecule has 1 heterocycles. The van der Waals surface area contributed by atoms with E-state index >= 15 is 0 Å². The van der Waals surface area contributed by atoms with Gasteiger partial charge in [-0.3, -0.25) is 0 Å². The second kappa shape index (κ2) is 4.76. The average Bonchev–Trinajstić information content (AvgIpc) is 2.71. The van der Waals surface area contributed by atoms with E-state index in [1.54, 1.807) is 11.3 Å². The molecule has 0 aliphatic heterocycles. The highest BCUT2D eigenvalue weighted by molar-refractivity contribution is 7.15. The molecule has 0 amide bonds. The van der Waals surface area contributed by atoms with E-state index in [1.165, 1.54) is 10.4 Å². The monoisotopic (exact) mass is 232 g/mol. The molecule has 0 radical (unpaired) electrons. The average molecular weight is 232 g/mol. The Balaban J connectivity index is 2.38. The molecular weight excluding hydrogens is 216 g/mol. The Labute approximate surface area is 100 Å². The summed E-state index contributed by atoms with van der Waals surface area (Å²) < 4.78 is 0. The van der Waals surface area contributed by atoms with Crippen molar-refractivity contribution in [3.8, 4) is 10.6 Å². The highest BCUT2D eigenvalue weighted by atomic mass is 32.1. The van der Waals surface area contributed by atoms with Crippen molar-refractivity contribution >= 4 is 11.3 Å². The van der Waals surface area contributed by atoms with Gasteiger partial charge in [0.1, 0.15) is 5.01 Å². The second-order valence-corrected chi connectivity index (χ2v) is 4.88. The number of benzene rings is 1. The van der Waals surface area contributed by atoms with E-state index in [2.05, 4.69) is 36.3 Å². The van der Waals surface area contributed by atoms with Crippen LogP contribution in [0.4, 0.5) is 0 Å². The molecule has 0 saturated carbocycles. The number of thiazole rings is 1. The highest BCUT2D eigenvalue weighted by Gasteiger charge is 2.13. The predicted octanol–water partition coefficient (Wildman–Crippen LogP) is 3.40. The van der Waals surface area contributed by atoms with Crippen LogP contribution in [0.1, 0.15) is 23.5 Å². The summed E-state index contributed by atoms with van der Waals surface area (Å²) in [5.41, 5.74) is 2.33. The van der Waals surface area contributed by atoms with Gasteiger partial charge >= 0.3 is 0 Å². The number of hydrogen-bond acceptors (Lipinski definition) is 3. The van der Waals surface area contributed by atoms with Crippen molar-refractivity contribution in [2.24, 2.45) is 0 Å². The zero-order valence-electron chi connectivity index (χ0n) is 9.82. The molecule has 0 bridgehead atoms. The maximum absolute atomic E-state index is 4.63. The highest BCUT2D eigenvalue weighted by Crippen LogP contribution is 2.31. The van der Waals surface area contributed by atoms with Crippen LogP contribution in [-0.2, 0) is 0 Å². The number of rotatable bonds is 3. The summed E-state index contributed by atoms with van der Waals surface area (Å²) in [5.74, 6) is 0. The lowest BCUT2D eigenvalue weighted by Gasteiger charge is -2.06. The smallest absolute Gasteiger partial charge is 0.123 e. The summed E-state index contributed by atoms with van der Waals surface area (Å²) in [7, 11) is 1.98. The van der Waals surface area contributed by atoms with Gasteiger partial charge in [-0.25, -0.2) is 4.98 Å². The Morgan fingerprint density at radius 2 is 1.94 bits per heavy atom. The van der Waals surface area contributed by atoms with Gasteiger partial charge in [0.05, 0.1) is 5.69 Å². The number of nitrogens with zero attached hydrogens (tertiary/aromatic N) is 1. The third kappa shape index (κ3) is 2.15. The van der Waals surface area contributed by atoms with Gasteiger partial charge in [0.15, 0.2) is 0 Å². The Bertz CT molecular complexity index is 462. The van der Waals surface area contributed by atoms with Gasteiger partial charge in [0, 0.05) is 16.5 Å². The van der Waals surface area contributed by atoms with E-state index in [0.717, 1.165) is 10.7 Å². The van der Waals surface area contributed by atoms with Crippen molar-refractivity contribution in [2.75, 3.05) is 7.05 Å². The Morgan fingerprint density at radius 1 is 1.25 bits per heavy atom. The summed E-state index contributed by atoms with van der Waals surface area (Å²) in [4.78, 5) is 5.95. The lowest BCUT2D eigenvalue weighted by atomic mass is 10.2. The van der Waals surface area contributed by atoms with Crippen LogP contribution in [0.5, 0.6) is 0 Å². The fourth-order valence-electron chi connectivity index (χ4n) is 1.65. The van der Waals surface area contributed by atoms with Gasteiger partial charge in [-0.05, 0) is 20.9 Å². The third-order valence-corrected chi connectivity index (χ3v) is 4.07. The first-order chi connectivity index (χ1) is 7.72. The van der Waals surface area contributed by atoms with Gasteiger partial charge in [-0.1, -0.05) is 30.3 Å². The van der Waals surface area contributed by atoms with Gasteiger partial charge < -0.3 is 5.32 Å². The van der Waals surface area contributed by atoms with Crippen LogP contribution < -0.4 is 5.32 Å². The van der Waals surface area contributed by atoms with E-state index in [9.17, 15) is 0 Å². The van der Waals surface area contributed by atoms with Crippen LogP contribution in [0.15, 0.2) is 30.3 Å². The first-order valence-electron chi connectivity index (χ1n) is 5.42. The van der Waals surface area contributed by atoms with Crippen LogP contribution in [0.3, 0.4) is 0 Å². The largest absolute Gasteiger partial charge is 0.312 e. The fraction of sp³-hybridized carbons (Fsp3) is 0.308. The van der Waals surface area contributed by atoms with Crippen LogP contribution in [-0.4, -0.2) is 12.0 Å². The Hall–Kier alpha value is -1.19. The zero-order chi connectivity index (χ0) is 11.5. The van der Waals surface area contributed by atoms with Crippen LogP contribution in [0.2, 0.25) is 0 Å². The van der Waals surface area contributed by atoms with Crippen molar-refractivity contribution in [2.45, 2.75) is 19.9 Å². The van der Waals surface area contributed by atoms with E-state index in [0.29, 0.717) is 6.04 Å². The van der Waals surface area contributed by atoms with Crippen molar-refractivity contribution in [1.29, 1.82) is 0 Å². The van der Waals surface area contributed by atoms with E-state index in [-0.39, 0.29) is 0 Å². The molecule has 0 aliphatic carbocycles. The molecule has 1 aromatic carbocycles. The minimum absolute atomic E-state index is 0.370. The minimum Gasteiger partial charge on any atom is -0.312 e. The lowest BCUT2D eigenvalue weighted by molar-refractivity contribution is 0.658. The predicted molar refractivity (Wildman–Crippen MR) is 69.8 cm³/mol. The molecular formula is C13H16N2S. The summed E-state index contributed by atoms with van der Waals surface area (Å²) in [6.45, 7) is 4.24. The molecule has 0 spiro atoms. The van der Waals surface area contributed by atoms with Gasteiger partial charge in [-0.15, -0.1) is 11.3 Å². The van der Waals surface area contributed by atoms with E-state index < -0.39 is 0 Å². The number of nitrogens with one attached hydrogen (secondary N) is 1. The normalized spacial score (nSPS) is 12.7. The second-order valence-electron chi connectivity index (χ2n) is 3.85. The molecule has 1 aromatic heterocycles. The zero-order valence-corrected chi connectivity index (χ0v) is 10.6. The molecule has 2 aromatic rings. The summed E-state index contributed by atoms with van der Waals surface area (Å²) in [6.07, 6.45) is 0. The van der Waals surface area contributed by atoms with Crippen LogP contribution >= 0.6 is 11.3 Å². The molecule has 0 fully saturated rings. The topological polar surface area (TPSA) is 24.9 Å². The van der Waals surface area contributed by atoms with Gasteiger partial charge in [0.2, 0.25) is 0 Å². The number of aromatic nitrogens is 1. The van der Waals surface area contributed by atoms with E-state index in [4.69, 9.17) is 0 Å². The Kier molecular flexibility index (Phi) is 3.36.